The van der Waals surface area contributed by atoms with Crippen LogP contribution in [0.1, 0.15) is 21.2 Å². The van der Waals surface area contributed by atoms with E-state index in [-0.39, 0.29) is 5.91 Å². The summed E-state index contributed by atoms with van der Waals surface area (Å²) >= 11 is 1.63. The molecule has 8 heteroatoms. The molecule has 23 heavy (non-hydrogen) atoms. The van der Waals surface area contributed by atoms with E-state index in [0.29, 0.717) is 12.2 Å². The molecule has 1 amide bonds. The van der Waals surface area contributed by atoms with Gasteiger partial charge in [-0.1, -0.05) is 0 Å². The quantitative estimate of drug-likeness (QED) is 0.814. The number of nitrogens with zero attached hydrogens (tertiary/aromatic N) is 5. The van der Waals surface area contributed by atoms with Crippen molar-refractivity contribution >= 4 is 17.2 Å². The Balaban J connectivity index is 1.56. The minimum absolute atomic E-state index is 0.152. The average Bonchev–Trinajstić information content (AvgIpc) is 3.02. The Kier molecular flexibility index (Phi) is 5.27. The summed E-state index contributed by atoms with van der Waals surface area (Å²) in [5.74, 6) is -0.152. The van der Waals surface area contributed by atoms with E-state index >= 15 is 0 Å². The Morgan fingerprint density at radius 1 is 1.39 bits per heavy atom. The summed E-state index contributed by atoms with van der Waals surface area (Å²) in [5.41, 5.74) is 1.25. The summed E-state index contributed by atoms with van der Waals surface area (Å²) in [7, 11) is 1.75. The predicted molar refractivity (Wildman–Crippen MR) is 86.0 cm³/mol. The number of ether oxygens (including phenoxy) is 1. The lowest BCUT2D eigenvalue weighted by atomic mass is 10.3. The van der Waals surface area contributed by atoms with Crippen LogP contribution in [-0.4, -0.2) is 64.0 Å². The maximum absolute atomic E-state index is 12.2. The fourth-order valence-corrected chi connectivity index (χ4v) is 3.19. The maximum atomic E-state index is 12.2. The van der Waals surface area contributed by atoms with Crippen molar-refractivity contribution in [1.82, 2.24) is 24.8 Å². The molecule has 1 aliphatic heterocycles. The first-order chi connectivity index (χ1) is 11.2. The zero-order valence-corrected chi connectivity index (χ0v) is 13.8. The van der Waals surface area contributed by atoms with Crippen LogP contribution in [0.2, 0.25) is 0 Å². The number of thiazole rings is 1. The second-order valence-corrected chi connectivity index (χ2v) is 6.32. The molecule has 0 bridgehead atoms. The second kappa shape index (κ2) is 7.58. The van der Waals surface area contributed by atoms with Crippen LogP contribution in [0, 0.1) is 0 Å². The summed E-state index contributed by atoms with van der Waals surface area (Å²) in [5, 5.41) is 3.08. The molecule has 1 saturated heterocycles. The molecule has 2 aromatic heterocycles. The molecule has 0 spiro atoms. The van der Waals surface area contributed by atoms with Crippen molar-refractivity contribution in [3.63, 3.8) is 0 Å². The Morgan fingerprint density at radius 2 is 2.22 bits per heavy atom. The van der Waals surface area contributed by atoms with Gasteiger partial charge in [0.2, 0.25) is 0 Å². The van der Waals surface area contributed by atoms with Gasteiger partial charge in [0.1, 0.15) is 10.7 Å². The number of amides is 1. The molecular formula is C15H19N5O2S. The average molecular weight is 333 g/mol. The molecule has 0 unspecified atom stereocenters. The van der Waals surface area contributed by atoms with Gasteiger partial charge in [-0.15, -0.1) is 11.3 Å². The van der Waals surface area contributed by atoms with Gasteiger partial charge in [0.05, 0.1) is 38.2 Å². The van der Waals surface area contributed by atoms with E-state index in [1.54, 1.807) is 29.5 Å². The Morgan fingerprint density at radius 3 is 2.96 bits per heavy atom. The van der Waals surface area contributed by atoms with Crippen molar-refractivity contribution in [2.45, 2.75) is 13.1 Å². The second-order valence-electron chi connectivity index (χ2n) is 5.37. The molecule has 0 radical (unpaired) electrons. The minimum atomic E-state index is -0.152. The van der Waals surface area contributed by atoms with Crippen LogP contribution >= 0.6 is 11.3 Å². The van der Waals surface area contributed by atoms with Gasteiger partial charge in [-0.25, -0.2) is 9.97 Å². The molecule has 0 aromatic carbocycles. The number of carbonyl (C=O) groups excluding carboxylic acids is 1. The van der Waals surface area contributed by atoms with Crippen LogP contribution in [-0.2, 0) is 17.8 Å². The van der Waals surface area contributed by atoms with Crippen molar-refractivity contribution in [3.8, 4) is 0 Å². The first-order valence-electron chi connectivity index (χ1n) is 7.47. The molecule has 122 valence electrons. The van der Waals surface area contributed by atoms with E-state index in [4.69, 9.17) is 4.74 Å². The largest absolute Gasteiger partial charge is 0.379 e. The molecule has 0 aliphatic carbocycles. The molecule has 7 nitrogen and oxygen atoms in total. The lowest BCUT2D eigenvalue weighted by Gasteiger charge is -2.25. The normalized spacial score (nSPS) is 15.5. The molecule has 1 fully saturated rings. The highest BCUT2D eigenvalue weighted by atomic mass is 32.1. The van der Waals surface area contributed by atoms with Crippen molar-refractivity contribution in [1.29, 1.82) is 0 Å². The van der Waals surface area contributed by atoms with E-state index in [0.717, 1.165) is 43.5 Å². The fourth-order valence-electron chi connectivity index (χ4n) is 2.36. The fraction of sp³-hybridized carbons (Fsp3) is 0.467. The zero-order chi connectivity index (χ0) is 16.1. The topological polar surface area (TPSA) is 71.5 Å². The molecule has 3 rings (SSSR count). The van der Waals surface area contributed by atoms with Gasteiger partial charge >= 0.3 is 0 Å². The highest BCUT2D eigenvalue weighted by Gasteiger charge is 2.16. The third-order valence-electron chi connectivity index (χ3n) is 3.59. The highest BCUT2D eigenvalue weighted by Crippen LogP contribution is 2.15. The van der Waals surface area contributed by atoms with Crippen LogP contribution in [0.25, 0.3) is 0 Å². The van der Waals surface area contributed by atoms with E-state index in [1.807, 2.05) is 5.38 Å². The van der Waals surface area contributed by atoms with Gasteiger partial charge in [0.25, 0.3) is 5.91 Å². The molecule has 1 aliphatic rings. The summed E-state index contributed by atoms with van der Waals surface area (Å²) in [6.07, 6.45) is 4.54. The maximum Gasteiger partial charge on any atom is 0.274 e. The number of morpholine rings is 1. The molecular weight excluding hydrogens is 314 g/mol. The van der Waals surface area contributed by atoms with Gasteiger partial charge in [-0.3, -0.25) is 14.7 Å². The Labute approximate surface area is 138 Å². The standard InChI is InChI=1S/C15H19N5O2S/c1-19(15(21)13-8-16-2-3-17-13)9-12-11-23-14(18-12)10-20-4-6-22-7-5-20/h2-3,8,11H,4-7,9-10H2,1H3. The van der Waals surface area contributed by atoms with Crippen LogP contribution in [0.15, 0.2) is 24.0 Å². The van der Waals surface area contributed by atoms with Gasteiger partial charge in [-0.05, 0) is 0 Å². The number of hydrogen-bond donors (Lipinski definition) is 0. The van der Waals surface area contributed by atoms with Crippen molar-refractivity contribution in [2.24, 2.45) is 0 Å². The van der Waals surface area contributed by atoms with E-state index in [9.17, 15) is 4.79 Å². The number of hydrogen-bond acceptors (Lipinski definition) is 7. The first kappa shape index (κ1) is 16.0. The van der Waals surface area contributed by atoms with Gasteiger partial charge in [0.15, 0.2) is 0 Å². The van der Waals surface area contributed by atoms with E-state index < -0.39 is 0 Å². The summed E-state index contributed by atoms with van der Waals surface area (Å²) in [6.45, 7) is 4.77. The lowest BCUT2D eigenvalue weighted by Crippen LogP contribution is -2.35. The lowest BCUT2D eigenvalue weighted by molar-refractivity contribution is 0.0341. The smallest absolute Gasteiger partial charge is 0.274 e. The molecule has 0 atom stereocenters. The van der Waals surface area contributed by atoms with Crippen molar-refractivity contribution < 1.29 is 9.53 Å². The van der Waals surface area contributed by atoms with Gasteiger partial charge in [-0.2, -0.15) is 0 Å². The molecule has 2 aromatic rings. The summed E-state index contributed by atoms with van der Waals surface area (Å²) < 4.78 is 5.35. The number of rotatable bonds is 5. The van der Waals surface area contributed by atoms with Crippen LogP contribution in [0.3, 0.4) is 0 Å². The first-order valence-corrected chi connectivity index (χ1v) is 8.35. The number of aromatic nitrogens is 3. The predicted octanol–water partition coefficient (Wildman–Crippen LogP) is 1.04. The van der Waals surface area contributed by atoms with Crippen molar-refractivity contribution in [3.05, 3.63) is 40.4 Å². The van der Waals surface area contributed by atoms with Crippen LogP contribution < -0.4 is 0 Å². The van der Waals surface area contributed by atoms with Crippen molar-refractivity contribution in [2.75, 3.05) is 33.4 Å². The third-order valence-corrected chi connectivity index (χ3v) is 4.47. The van der Waals surface area contributed by atoms with Crippen LogP contribution in [0.4, 0.5) is 0 Å². The molecule has 3 heterocycles. The van der Waals surface area contributed by atoms with Gasteiger partial charge < -0.3 is 9.64 Å². The van der Waals surface area contributed by atoms with E-state index in [2.05, 4.69) is 19.9 Å². The molecule has 0 saturated carbocycles. The third kappa shape index (κ3) is 4.31. The zero-order valence-electron chi connectivity index (χ0n) is 13.0. The Bertz CT molecular complexity index is 642. The monoisotopic (exact) mass is 333 g/mol. The minimum Gasteiger partial charge on any atom is -0.379 e. The number of carbonyl (C=O) groups is 1. The Hall–Kier alpha value is -1.90. The van der Waals surface area contributed by atoms with Gasteiger partial charge in [0, 0.05) is 37.9 Å². The highest BCUT2D eigenvalue weighted by molar-refractivity contribution is 7.09. The van der Waals surface area contributed by atoms with E-state index in [1.165, 1.54) is 12.4 Å². The summed E-state index contributed by atoms with van der Waals surface area (Å²) in [4.78, 5) is 28.8. The SMILES string of the molecule is CN(Cc1csc(CN2CCOCC2)n1)C(=O)c1cnccn1. The molecule has 0 N–H and O–H groups in total. The van der Waals surface area contributed by atoms with Crippen LogP contribution in [0.5, 0.6) is 0 Å². The summed E-state index contributed by atoms with van der Waals surface area (Å²) in [6, 6.07) is 0.